The number of imidazole rings is 1. The molecule has 2 N–H and O–H groups in total. The number of nitrogens with one attached hydrogen (secondary N) is 2. The summed E-state index contributed by atoms with van der Waals surface area (Å²) in [7, 11) is 1.28. The SMILES string of the molecule is C#Cc1ccc(-c2cnc(CN(CCC)C(=O)[C@@H](NC(=O)OC)C(C)C)[nH]2)cc1. The number of nitrogens with zero attached hydrogens (tertiary/aromatic N) is 2. The standard InChI is InChI=1S/C22H28N4O3/c1-6-12-26(21(27)20(15(3)4)25-22(28)29-5)14-19-23-13-18(24-19)17-10-8-16(7-2)9-11-17/h2,8-11,13,15,20H,6,12,14H2,1,3-5H3,(H,23,24)(H,25,28)/t20-/m0/s1. The Morgan fingerprint density at radius 2 is 2.00 bits per heavy atom. The van der Waals surface area contributed by atoms with E-state index in [1.807, 2.05) is 45.0 Å². The van der Waals surface area contributed by atoms with Gasteiger partial charge >= 0.3 is 6.09 Å². The number of hydrogen-bond acceptors (Lipinski definition) is 4. The van der Waals surface area contributed by atoms with Crippen molar-refractivity contribution in [1.29, 1.82) is 0 Å². The first-order valence-corrected chi connectivity index (χ1v) is 9.63. The molecule has 29 heavy (non-hydrogen) atoms. The third-order valence-corrected chi connectivity index (χ3v) is 4.53. The molecule has 1 atom stereocenters. The maximum atomic E-state index is 13.1. The number of aromatic nitrogens is 2. The molecular weight excluding hydrogens is 368 g/mol. The van der Waals surface area contributed by atoms with Gasteiger partial charge in [0.25, 0.3) is 0 Å². The van der Waals surface area contributed by atoms with Gasteiger partial charge in [-0.25, -0.2) is 9.78 Å². The maximum absolute atomic E-state index is 13.1. The van der Waals surface area contributed by atoms with Gasteiger partial charge in [-0.15, -0.1) is 6.42 Å². The quantitative estimate of drug-likeness (QED) is 0.671. The Bertz CT molecular complexity index is 865. The van der Waals surface area contributed by atoms with Crippen molar-refractivity contribution in [2.24, 2.45) is 5.92 Å². The van der Waals surface area contributed by atoms with E-state index in [0.717, 1.165) is 23.2 Å². The highest BCUT2D eigenvalue weighted by atomic mass is 16.5. The molecule has 1 aromatic heterocycles. The number of carbonyl (C=O) groups excluding carboxylic acids is 2. The molecule has 0 bridgehead atoms. The molecule has 0 fully saturated rings. The number of H-pyrrole nitrogens is 1. The van der Waals surface area contributed by atoms with Crippen molar-refractivity contribution >= 4 is 12.0 Å². The number of terminal acetylenes is 1. The third kappa shape index (κ3) is 5.85. The Kier molecular flexibility index (Phi) is 7.84. The van der Waals surface area contributed by atoms with Gasteiger partial charge in [0.1, 0.15) is 11.9 Å². The lowest BCUT2D eigenvalue weighted by Crippen LogP contribution is -2.51. The third-order valence-electron chi connectivity index (χ3n) is 4.53. The van der Waals surface area contributed by atoms with Crippen LogP contribution in [0.3, 0.4) is 0 Å². The number of benzene rings is 1. The molecule has 0 unspecified atom stereocenters. The summed E-state index contributed by atoms with van der Waals surface area (Å²) in [5.74, 6) is 3.02. The molecule has 1 heterocycles. The van der Waals surface area contributed by atoms with Gasteiger partial charge in [0.2, 0.25) is 5.91 Å². The number of ether oxygens (including phenoxy) is 1. The van der Waals surface area contributed by atoms with Crippen LogP contribution in [-0.2, 0) is 16.1 Å². The van der Waals surface area contributed by atoms with Crippen molar-refractivity contribution in [2.75, 3.05) is 13.7 Å². The van der Waals surface area contributed by atoms with E-state index in [1.165, 1.54) is 7.11 Å². The predicted molar refractivity (Wildman–Crippen MR) is 112 cm³/mol. The summed E-state index contributed by atoms with van der Waals surface area (Å²) >= 11 is 0. The van der Waals surface area contributed by atoms with E-state index in [0.29, 0.717) is 18.9 Å². The average molecular weight is 396 g/mol. The lowest BCUT2D eigenvalue weighted by atomic mass is 10.0. The molecule has 0 aliphatic heterocycles. The van der Waals surface area contributed by atoms with Gasteiger partial charge in [0.05, 0.1) is 25.5 Å². The van der Waals surface area contributed by atoms with Crippen LogP contribution in [-0.4, -0.2) is 46.6 Å². The number of methoxy groups -OCH3 is 1. The topological polar surface area (TPSA) is 87.3 Å². The summed E-state index contributed by atoms with van der Waals surface area (Å²) in [6.07, 6.45) is 7.30. The smallest absolute Gasteiger partial charge is 0.407 e. The summed E-state index contributed by atoms with van der Waals surface area (Å²) in [6.45, 7) is 6.64. The van der Waals surface area contributed by atoms with Gasteiger partial charge in [0.15, 0.2) is 0 Å². The molecule has 2 amide bonds. The van der Waals surface area contributed by atoms with E-state index in [-0.39, 0.29) is 11.8 Å². The van der Waals surface area contributed by atoms with E-state index in [1.54, 1.807) is 11.1 Å². The summed E-state index contributed by atoms with van der Waals surface area (Å²) in [4.78, 5) is 34.1. The average Bonchev–Trinajstić information content (AvgIpc) is 3.19. The molecule has 2 aromatic rings. The second kappa shape index (κ2) is 10.3. The zero-order valence-corrected chi connectivity index (χ0v) is 17.4. The van der Waals surface area contributed by atoms with E-state index in [4.69, 9.17) is 6.42 Å². The first-order chi connectivity index (χ1) is 13.9. The Morgan fingerprint density at radius 1 is 1.31 bits per heavy atom. The van der Waals surface area contributed by atoms with E-state index >= 15 is 0 Å². The molecule has 7 heteroatoms. The van der Waals surface area contributed by atoms with Crippen LogP contribution in [0.15, 0.2) is 30.5 Å². The highest BCUT2D eigenvalue weighted by molar-refractivity contribution is 5.85. The van der Waals surface area contributed by atoms with Crippen molar-refractivity contribution in [2.45, 2.75) is 39.8 Å². The van der Waals surface area contributed by atoms with E-state index in [2.05, 4.69) is 25.9 Å². The number of alkyl carbamates (subject to hydrolysis) is 1. The fraction of sp³-hybridized carbons (Fsp3) is 0.409. The predicted octanol–water partition coefficient (Wildman–Crippen LogP) is 3.18. The minimum Gasteiger partial charge on any atom is -0.453 e. The molecule has 154 valence electrons. The molecule has 0 aliphatic carbocycles. The van der Waals surface area contributed by atoms with Crippen LogP contribution in [0.2, 0.25) is 0 Å². The lowest BCUT2D eigenvalue weighted by molar-refractivity contribution is -0.135. The summed E-state index contributed by atoms with van der Waals surface area (Å²) in [6, 6.07) is 6.93. The second-order valence-corrected chi connectivity index (χ2v) is 7.08. The molecule has 0 spiro atoms. The van der Waals surface area contributed by atoms with Gasteiger partial charge in [-0.2, -0.15) is 0 Å². The number of hydrogen-bond donors (Lipinski definition) is 2. The molecule has 0 radical (unpaired) electrons. The van der Waals surface area contributed by atoms with Crippen LogP contribution in [0.4, 0.5) is 4.79 Å². The number of rotatable bonds is 8. The highest BCUT2D eigenvalue weighted by Crippen LogP contribution is 2.18. The number of amides is 2. The molecule has 0 saturated carbocycles. The minimum absolute atomic E-state index is 0.0808. The fourth-order valence-corrected chi connectivity index (χ4v) is 2.95. The van der Waals surface area contributed by atoms with Crippen LogP contribution in [0.25, 0.3) is 11.3 Å². The first kappa shape index (κ1) is 22.0. The normalized spacial score (nSPS) is 11.6. The highest BCUT2D eigenvalue weighted by Gasteiger charge is 2.29. The van der Waals surface area contributed by atoms with Crippen molar-refractivity contribution in [3.05, 3.63) is 41.9 Å². The zero-order valence-electron chi connectivity index (χ0n) is 17.4. The van der Waals surface area contributed by atoms with E-state index in [9.17, 15) is 9.59 Å². The molecule has 2 rings (SSSR count). The number of carbonyl (C=O) groups is 2. The van der Waals surface area contributed by atoms with Gasteiger partial charge in [-0.1, -0.05) is 38.8 Å². The molecular formula is C22H28N4O3. The Morgan fingerprint density at radius 3 is 2.55 bits per heavy atom. The first-order valence-electron chi connectivity index (χ1n) is 9.63. The summed E-state index contributed by atoms with van der Waals surface area (Å²) < 4.78 is 4.66. The summed E-state index contributed by atoms with van der Waals surface area (Å²) in [5.41, 5.74) is 2.62. The summed E-state index contributed by atoms with van der Waals surface area (Å²) in [5, 5.41) is 2.63. The van der Waals surface area contributed by atoms with Gasteiger partial charge < -0.3 is 19.9 Å². The fourth-order valence-electron chi connectivity index (χ4n) is 2.95. The van der Waals surface area contributed by atoms with E-state index < -0.39 is 12.1 Å². The Labute approximate surface area is 171 Å². The Hall–Kier alpha value is -3.27. The molecule has 7 nitrogen and oxygen atoms in total. The van der Waals surface area contributed by atoms with Crippen LogP contribution in [0, 0.1) is 18.3 Å². The lowest BCUT2D eigenvalue weighted by Gasteiger charge is -2.28. The molecule has 1 aromatic carbocycles. The van der Waals surface area contributed by atoms with Crippen molar-refractivity contribution < 1.29 is 14.3 Å². The van der Waals surface area contributed by atoms with Crippen molar-refractivity contribution in [1.82, 2.24) is 20.2 Å². The zero-order chi connectivity index (χ0) is 21.4. The minimum atomic E-state index is -0.667. The second-order valence-electron chi connectivity index (χ2n) is 7.08. The monoisotopic (exact) mass is 396 g/mol. The van der Waals surface area contributed by atoms with Crippen molar-refractivity contribution in [3.63, 3.8) is 0 Å². The molecule has 0 saturated heterocycles. The van der Waals surface area contributed by atoms with Crippen LogP contribution in [0.1, 0.15) is 38.6 Å². The van der Waals surface area contributed by atoms with Gasteiger partial charge in [-0.3, -0.25) is 4.79 Å². The van der Waals surface area contributed by atoms with Crippen LogP contribution >= 0.6 is 0 Å². The molecule has 0 aliphatic rings. The maximum Gasteiger partial charge on any atom is 0.407 e. The van der Waals surface area contributed by atoms with Gasteiger partial charge in [0, 0.05) is 12.1 Å². The van der Waals surface area contributed by atoms with Crippen LogP contribution in [0.5, 0.6) is 0 Å². The van der Waals surface area contributed by atoms with Gasteiger partial charge in [-0.05, 0) is 30.0 Å². The largest absolute Gasteiger partial charge is 0.453 e. The number of aromatic amines is 1. The van der Waals surface area contributed by atoms with Crippen LogP contribution < -0.4 is 5.32 Å². The Balaban J connectivity index is 2.17. The van der Waals surface area contributed by atoms with Crippen molar-refractivity contribution in [3.8, 4) is 23.6 Å².